The lowest BCUT2D eigenvalue weighted by Crippen LogP contribution is -2.21. The Morgan fingerprint density at radius 1 is 1.64 bits per heavy atom. The van der Waals surface area contributed by atoms with Gasteiger partial charge in [0.25, 0.3) is 0 Å². The third kappa shape index (κ3) is 1.01. The fraction of sp³-hybridized carbons (Fsp3) is 0.667. The fourth-order valence-corrected chi connectivity index (χ4v) is 3.21. The fourth-order valence-electron chi connectivity index (χ4n) is 3.21. The summed E-state index contributed by atoms with van der Waals surface area (Å²) in [6.07, 6.45) is 7.05. The molecule has 2 unspecified atom stereocenters. The number of aryl methyl sites for hydroxylation is 1. The molecule has 0 saturated heterocycles. The van der Waals surface area contributed by atoms with E-state index in [0.29, 0.717) is 5.41 Å². The Labute approximate surface area is 84.7 Å². The standard InChI is InChI=1S/C12H17NO/c1-13-8-9-7-12(9)5-2-3-11-10(12)4-6-14-11/h4,6,9,13H,2-3,5,7-8H2,1H3. The molecule has 3 rings (SSSR count). The van der Waals surface area contributed by atoms with Gasteiger partial charge in [0, 0.05) is 17.4 Å². The molecule has 2 aliphatic rings. The molecule has 0 amide bonds. The number of rotatable bonds is 2. The van der Waals surface area contributed by atoms with E-state index in [2.05, 4.69) is 11.4 Å². The van der Waals surface area contributed by atoms with Gasteiger partial charge in [-0.25, -0.2) is 0 Å². The molecule has 1 spiro atoms. The Balaban J connectivity index is 1.91. The van der Waals surface area contributed by atoms with Gasteiger partial charge in [0.1, 0.15) is 5.76 Å². The van der Waals surface area contributed by atoms with Crippen LogP contribution in [-0.4, -0.2) is 13.6 Å². The molecule has 0 radical (unpaired) electrons. The van der Waals surface area contributed by atoms with Gasteiger partial charge < -0.3 is 9.73 Å². The second kappa shape index (κ2) is 2.86. The minimum Gasteiger partial charge on any atom is -0.469 e. The highest BCUT2D eigenvalue weighted by molar-refractivity contribution is 5.38. The lowest BCUT2D eigenvalue weighted by atomic mass is 9.82. The van der Waals surface area contributed by atoms with Crippen LogP contribution in [0.15, 0.2) is 16.7 Å². The zero-order valence-electron chi connectivity index (χ0n) is 8.68. The topological polar surface area (TPSA) is 25.2 Å². The van der Waals surface area contributed by atoms with Crippen molar-refractivity contribution in [2.24, 2.45) is 5.92 Å². The van der Waals surface area contributed by atoms with Crippen LogP contribution >= 0.6 is 0 Å². The lowest BCUT2D eigenvalue weighted by molar-refractivity contribution is 0.423. The first-order valence-electron chi connectivity index (χ1n) is 5.58. The van der Waals surface area contributed by atoms with Crippen molar-refractivity contribution in [1.29, 1.82) is 0 Å². The van der Waals surface area contributed by atoms with Crippen molar-refractivity contribution in [3.8, 4) is 0 Å². The Morgan fingerprint density at radius 3 is 3.43 bits per heavy atom. The van der Waals surface area contributed by atoms with Gasteiger partial charge in [-0.3, -0.25) is 0 Å². The minimum absolute atomic E-state index is 0.504. The third-order valence-electron chi connectivity index (χ3n) is 3.99. The Bertz CT molecular complexity index is 344. The zero-order valence-corrected chi connectivity index (χ0v) is 8.68. The third-order valence-corrected chi connectivity index (χ3v) is 3.99. The molecule has 2 heteroatoms. The molecule has 1 aromatic heterocycles. The molecule has 2 aliphatic carbocycles. The van der Waals surface area contributed by atoms with Crippen LogP contribution in [0.25, 0.3) is 0 Å². The summed E-state index contributed by atoms with van der Waals surface area (Å²) in [6, 6.07) is 2.20. The summed E-state index contributed by atoms with van der Waals surface area (Å²) in [6.45, 7) is 1.16. The van der Waals surface area contributed by atoms with Crippen molar-refractivity contribution in [1.82, 2.24) is 5.32 Å². The van der Waals surface area contributed by atoms with Crippen molar-refractivity contribution < 1.29 is 4.42 Å². The summed E-state index contributed by atoms with van der Waals surface area (Å²) in [5, 5.41) is 3.29. The van der Waals surface area contributed by atoms with Gasteiger partial charge in [-0.05, 0) is 44.8 Å². The van der Waals surface area contributed by atoms with Gasteiger partial charge in [-0.1, -0.05) is 0 Å². The maximum atomic E-state index is 5.54. The van der Waals surface area contributed by atoms with Gasteiger partial charge in [0.15, 0.2) is 0 Å². The van der Waals surface area contributed by atoms with E-state index in [9.17, 15) is 0 Å². The molecule has 1 saturated carbocycles. The van der Waals surface area contributed by atoms with Crippen molar-refractivity contribution in [2.45, 2.75) is 31.1 Å². The van der Waals surface area contributed by atoms with E-state index in [4.69, 9.17) is 4.42 Å². The first-order valence-corrected chi connectivity index (χ1v) is 5.58. The average Bonchev–Trinajstić information content (AvgIpc) is 2.65. The molecule has 76 valence electrons. The maximum absolute atomic E-state index is 5.54. The van der Waals surface area contributed by atoms with E-state index >= 15 is 0 Å². The highest BCUT2D eigenvalue weighted by Crippen LogP contribution is 2.60. The summed E-state index contributed by atoms with van der Waals surface area (Å²) in [7, 11) is 2.05. The summed E-state index contributed by atoms with van der Waals surface area (Å²) < 4.78 is 5.54. The second-order valence-corrected chi connectivity index (χ2v) is 4.73. The lowest BCUT2D eigenvalue weighted by Gasteiger charge is -2.22. The molecule has 1 heterocycles. The molecular weight excluding hydrogens is 174 g/mol. The number of furan rings is 1. The number of hydrogen-bond acceptors (Lipinski definition) is 2. The Hall–Kier alpha value is -0.760. The smallest absolute Gasteiger partial charge is 0.107 e. The molecular formula is C12H17NO. The van der Waals surface area contributed by atoms with Crippen LogP contribution < -0.4 is 5.32 Å². The van der Waals surface area contributed by atoms with Gasteiger partial charge >= 0.3 is 0 Å². The maximum Gasteiger partial charge on any atom is 0.107 e. The largest absolute Gasteiger partial charge is 0.469 e. The summed E-state index contributed by atoms with van der Waals surface area (Å²) in [5.74, 6) is 2.11. The number of fused-ring (bicyclic) bond motifs is 2. The average molecular weight is 191 g/mol. The van der Waals surface area contributed by atoms with Crippen molar-refractivity contribution in [3.05, 3.63) is 23.7 Å². The predicted octanol–water partition coefficient (Wildman–Crippen LogP) is 2.09. The summed E-state index contributed by atoms with van der Waals surface area (Å²) in [5.41, 5.74) is 2.02. The van der Waals surface area contributed by atoms with E-state index in [1.807, 2.05) is 13.3 Å². The molecule has 2 atom stereocenters. The van der Waals surface area contributed by atoms with Crippen molar-refractivity contribution >= 4 is 0 Å². The quantitative estimate of drug-likeness (QED) is 0.774. The van der Waals surface area contributed by atoms with Crippen LogP contribution in [0.4, 0.5) is 0 Å². The summed E-state index contributed by atoms with van der Waals surface area (Å²) in [4.78, 5) is 0. The van der Waals surface area contributed by atoms with E-state index in [-0.39, 0.29) is 0 Å². The molecule has 0 bridgehead atoms. The first-order chi connectivity index (χ1) is 6.87. The molecule has 2 nitrogen and oxygen atoms in total. The Kier molecular flexibility index (Phi) is 1.75. The van der Waals surface area contributed by atoms with Crippen LogP contribution in [0.3, 0.4) is 0 Å². The molecule has 14 heavy (non-hydrogen) atoms. The predicted molar refractivity (Wildman–Crippen MR) is 55.4 cm³/mol. The van der Waals surface area contributed by atoms with Crippen molar-refractivity contribution in [3.63, 3.8) is 0 Å². The molecule has 1 N–H and O–H groups in total. The van der Waals surface area contributed by atoms with Crippen LogP contribution in [-0.2, 0) is 11.8 Å². The molecule has 0 aliphatic heterocycles. The number of nitrogens with one attached hydrogen (secondary N) is 1. The van der Waals surface area contributed by atoms with Crippen LogP contribution in [0.5, 0.6) is 0 Å². The number of hydrogen-bond donors (Lipinski definition) is 1. The first kappa shape index (κ1) is 8.54. The highest BCUT2D eigenvalue weighted by Gasteiger charge is 2.56. The van der Waals surface area contributed by atoms with E-state index in [1.165, 1.54) is 30.6 Å². The van der Waals surface area contributed by atoms with E-state index in [1.54, 1.807) is 0 Å². The van der Waals surface area contributed by atoms with Crippen LogP contribution in [0.2, 0.25) is 0 Å². The highest BCUT2D eigenvalue weighted by atomic mass is 16.3. The zero-order chi connectivity index (χ0) is 9.60. The van der Waals surface area contributed by atoms with Gasteiger partial charge in [0.05, 0.1) is 6.26 Å². The van der Waals surface area contributed by atoms with Gasteiger partial charge in [-0.2, -0.15) is 0 Å². The van der Waals surface area contributed by atoms with E-state index < -0.39 is 0 Å². The SMILES string of the molecule is CNCC1CC12CCCc1occc12. The van der Waals surface area contributed by atoms with E-state index in [0.717, 1.165) is 18.9 Å². The Morgan fingerprint density at radius 2 is 2.57 bits per heavy atom. The molecule has 1 aromatic rings. The van der Waals surface area contributed by atoms with Crippen LogP contribution in [0.1, 0.15) is 30.6 Å². The molecule has 1 fully saturated rings. The molecule has 0 aromatic carbocycles. The monoisotopic (exact) mass is 191 g/mol. The van der Waals surface area contributed by atoms with Gasteiger partial charge in [0.2, 0.25) is 0 Å². The second-order valence-electron chi connectivity index (χ2n) is 4.73. The normalized spacial score (nSPS) is 34.5. The minimum atomic E-state index is 0.504. The van der Waals surface area contributed by atoms with Crippen LogP contribution in [0, 0.1) is 5.92 Å². The van der Waals surface area contributed by atoms with Gasteiger partial charge in [-0.15, -0.1) is 0 Å². The summed E-state index contributed by atoms with van der Waals surface area (Å²) >= 11 is 0. The van der Waals surface area contributed by atoms with Crippen molar-refractivity contribution in [2.75, 3.05) is 13.6 Å².